The van der Waals surface area contributed by atoms with Crippen molar-refractivity contribution in [2.45, 2.75) is 31.8 Å². The van der Waals surface area contributed by atoms with E-state index in [1.165, 1.54) is 12.1 Å². The molecule has 0 saturated carbocycles. The fourth-order valence-electron chi connectivity index (χ4n) is 2.12. The molecule has 0 saturated heterocycles. The second kappa shape index (κ2) is 5.97. The van der Waals surface area contributed by atoms with Crippen molar-refractivity contribution in [3.05, 3.63) is 34.6 Å². The third kappa shape index (κ3) is 2.83. The number of nitrogens with zero attached hydrogens (tertiary/aromatic N) is 1. The average molecular weight is 274 g/mol. The van der Waals surface area contributed by atoms with E-state index >= 15 is 0 Å². The van der Waals surface area contributed by atoms with Crippen LogP contribution in [0.15, 0.2) is 18.2 Å². The Hall–Kier alpha value is -0.680. The quantitative estimate of drug-likeness (QED) is 0.640. The first-order valence-corrected chi connectivity index (χ1v) is 6.33. The molecule has 0 bridgehead atoms. The van der Waals surface area contributed by atoms with Crippen LogP contribution in [0.3, 0.4) is 0 Å². The molecule has 1 aromatic carbocycles. The summed E-state index contributed by atoms with van der Waals surface area (Å²) in [7, 11) is 3.95. The Kier molecular flexibility index (Phi) is 5.10. The molecule has 0 aromatic heterocycles. The summed E-state index contributed by atoms with van der Waals surface area (Å²) in [6.45, 7) is 4.14. The summed E-state index contributed by atoms with van der Waals surface area (Å²) in [5, 5.41) is 0.515. The summed E-state index contributed by atoms with van der Waals surface area (Å²) >= 11 is 6.16. The predicted octanol–water partition coefficient (Wildman–Crippen LogP) is 2.71. The van der Waals surface area contributed by atoms with Gasteiger partial charge in [0.15, 0.2) is 0 Å². The van der Waals surface area contributed by atoms with E-state index in [1.807, 2.05) is 14.1 Å². The number of nitrogens with two attached hydrogens (primary N) is 1. The number of hydrogen-bond acceptors (Lipinski definition) is 3. The summed E-state index contributed by atoms with van der Waals surface area (Å²) in [4.78, 5) is 2.07. The molecule has 0 spiro atoms. The van der Waals surface area contributed by atoms with Gasteiger partial charge < -0.3 is 4.90 Å². The zero-order chi connectivity index (χ0) is 13.9. The third-order valence-corrected chi connectivity index (χ3v) is 4.14. The van der Waals surface area contributed by atoms with Crippen LogP contribution in [0.4, 0.5) is 4.39 Å². The van der Waals surface area contributed by atoms with Gasteiger partial charge in [-0.3, -0.25) is 11.3 Å². The lowest BCUT2D eigenvalue weighted by atomic mass is 9.84. The minimum atomic E-state index is -0.313. The number of hydrogen-bond donors (Lipinski definition) is 2. The smallest absolute Gasteiger partial charge is 0.123 e. The van der Waals surface area contributed by atoms with E-state index < -0.39 is 0 Å². The van der Waals surface area contributed by atoms with Crippen molar-refractivity contribution in [3.8, 4) is 0 Å². The highest BCUT2D eigenvalue weighted by Crippen LogP contribution is 2.35. The number of halogens is 2. The van der Waals surface area contributed by atoms with Gasteiger partial charge in [-0.25, -0.2) is 4.39 Å². The van der Waals surface area contributed by atoms with Gasteiger partial charge in [-0.05, 0) is 51.2 Å². The van der Waals surface area contributed by atoms with Gasteiger partial charge in [0.25, 0.3) is 0 Å². The molecule has 0 heterocycles. The first-order valence-electron chi connectivity index (χ1n) is 5.95. The molecule has 3 nitrogen and oxygen atoms in total. The summed E-state index contributed by atoms with van der Waals surface area (Å²) in [6.07, 6.45) is 0.849. The molecule has 0 fully saturated rings. The van der Waals surface area contributed by atoms with Gasteiger partial charge in [0.05, 0.1) is 6.04 Å². The largest absolute Gasteiger partial charge is 0.302 e. The van der Waals surface area contributed by atoms with Gasteiger partial charge in [-0.1, -0.05) is 18.5 Å². The standard InChI is InChI=1S/C13H21ClFN3/c1-5-13(2,18(3)4)12(17-16)10-8-9(15)6-7-11(10)14/h6-8,12,17H,5,16H2,1-4H3. The minimum Gasteiger partial charge on any atom is -0.302 e. The summed E-state index contributed by atoms with van der Waals surface area (Å²) < 4.78 is 13.4. The molecule has 3 N–H and O–H groups in total. The maximum absolute atomic E-state index is 13.4. The van der Waals surface area contributed by atoms with Gasteiger partial charge in [-0.15, -0.1) is 0 Å². The molecule has 0 aliphatic carbocycles. The number of benzene rings is 1. The zero-order valence-corrected chi connectivity index (χ0v) is 12.1. The normalized spacial score (nSPS) is 16.7. The molecule has 0 aliphatic heterocycles. The fourth-order valence-corrected chi connectivity index (χ4v) is 2.35. The Labute approximate surface area is 113 Å². The molecule has 0 aliphatic rings. The highest BCUT2D eigenvalue weighted by molar-refractivity contribution is 6.31. The van der Waals surface area contributed by atoms with Crippen molar-refractivity contribution in [1.82, 2.24) is 10.3 Å². The van der Waals surface area contributed by atoms with Crippen molar-refractivity contribution < 1.29 is 4.39 Å². The maximum atomic E-state index is 13.4. The van der Waals surface area contributed by atoms with E-state index in [0.29, 0.717) is 10.6 Å². The highest BCUT2D eigenvalue weighted by atomic mass is 35.5. The molecule has 2 unspecified atom stereocenters. The number of nitrogens with one attached hydrogen (secondary N) is 1. The van der Waals surface area contributed by atoms with E-state index in [9.17, 15) is 4.39 Å². The van der Waals surface area contributed by atoms with Crippen LogP contribution in [0.2, 0.25) is 5.02 Å². The molecule has 2 atom stereocenters. The van der Waals surface area contributed by atoms with E-state index in [-0.39, 0.29) is 17.4 Å². The van der Waals surface area contributed by atoms with Crippen molar-refractivity contribution >= 4 is 11.6 Å². The van der Waals surface area contributed by atoms with Crippen LogP contribution in [0.5, 0.6) is 0 Å². The lowest BCUT2D eigenvalue weighted by Gasteiger charge is -2.42. The van der Waals surface area contributed by atoms with Gasteiger partial charge >= 0.3 is 0 Å². The SMILES string of the molecule is CCC(C)(C(NN)c1cc(F)ccc1Cl)N(C)C. The molecular weight excluding hydrogens is 253 g/mol. The zero-order valence-electron chi connectivity index (χ0n) is 11.3. The summed E-state index contributed by atoms with van der Waals surface area (Å²) in [5.41, 5.74) is 3.19. The number of rotatable bonds is 5. The van der Waals surface area contributed by atoms with Crippen LogP contribution < -0.4 is 11.3 Å². The molecule has 0 radical (unpaired) electrons. The first kappa shape index (κ1) is 15.4. The van der Waals surface area contributed by atoms with Gasteiger partial charge in [0.1, 0.15) is 5.82 Å². The average Bonchev–Trinajstić information content (AvgIpc) is 2.33. The molecule has 1 aromatic rings. The molecule has 102 valence electrons. The van der Waals surface area contributed by atoms with Gasteiger partial charge in [0.2, 0.25) is 0 Å². The van der Waals surface area contributed by atoms with Crippen molar-refractivity contribution in [2.75, 3.05) is 14.1 Å². The van der Waals surface area contributed by atoms with Crippen molar-refractivity contribution in [2.24, 2.45) is 5.84 Å². The maximum Gasteiger partial charge on any atom is 0.123 e. The number of hydrazine groups is 1. The number of likely N-dealkylation sites (N-methyl/N-ethyl adjacent to an activating group) is 1. The van der Waals surface area contributed by atoms with Gasteiger partial charge in [-0.2, -0.15) is 0 Å². The highest BCUT2D eigenvalue weighted by Gasteiger charge is 2.36. The predicted molar refractivity (Wildman–Crippen MR) is 73.9 cm³/mol. The summed E-state index contributed by atoms with van der Waals surface area (Å²) in [6, 6.07) is 4.09. The summed E-state index contributed by atoms with van der Waals surface area (Å²) in [5.74, 6) is 5.35. The second-order valence-electron chi connectivity index (χ2n) is 4.87. The Morgan fingerprint density at radius 2 is 2.11 bits per heavy atom. The molecule has 0 amide bonds. The monoisotopic (exact) mass is 273 g/mol. The Balaban J connectivity index is 3.28. The first-order chi connectivity index (χ1) is 8.36. The Morgan fingerprint density at radius 1 is 1.50 bits per heavy atom. The second-order valence-corrected chi connectivity index (χ2v) is 5.28. The third-order valence-electron chi connectivity index (χ3n) is 3.80. The Bertz CT molecular complexity index is 411. The van der Waals surface area contributed by atoms with E-state index in [4.69, 9.17) is 17.4 Å². The van der Waals surface area contributed by atoms with Crippen LogP contribution in [0.1, 0.15) is 31.9 Å². The fraction of sp³-hybridized carbons (Fsp3) is 0.538. The van der Waals surface area contributed by atoms with Crippen molar-refractivity contribution in [3.63, 3.8) is 0 Å². The topological polar surface area (TPSA) is 41.3 Å². The lowest BCUT2D eigenvalue weighted by Crippen LogP contribution is -2.53. The van der Waals surface area contributed by atoms with Crippen LogP contribution in [-0.2, 0) is 0 Å². The van der Waals surface area contributed by atoms with Crippen LogP contribution in [0.25, 0.3) is 0 Å². The van der Waals surface area contributed by atoms with Crippen molar-refractivity contribution in [1.29, 1.82) is 0 Å². The van der Waals surface area contributed by atoms with Gasteiger partial charge in [0, 0.05) is 10.6 Å². The Morgan fingerprint density at radius 3 is 2.56 bits per heavy atom. The van der Waals surface area contributed by atoms with Crippen LogP contribution in [0, 0.1) is 5.82 Å². The lowest BCUT2D eigenvalue weighted by molar-refractivity contribution is 0.113. The molecule has 5 heteroatoms. The van der Waals surface area contributed by atoms with E-state index in [1.54, 1.807) is 6.07 Å². The molecule has 1 rings (SSSR count). The van der Waals surface area contributed by atoms with E-state index in [0.717, 1.165) is 6.42 Å². The molecule has 18 heavy (non-hydrogen) atoms. The molecular formula is C13H21ClFN3. The minimum absolute atomic E-state index is 0.249. The van der Waals surface area contributed by atoms with Crippen LogP contribution in [-0.4, -0.2) is 24.5 Å². The van der Waals surface area contributed by atoms with E-state index in [2.05, 4.69) is 24.2 Å². The van der Waals surface area contributed by atoms with Crippen LogP contribution >= 0.6 is 11.6 Å².